The molecular formula is C17H34N2. The van der Waals surface area contributed by atoms with Crippen molar-refractivity contribution in [3.63, 3.8) is 0 Å². The van der Waals surface area contributed by atoms with Gasteiger partial charge in [0.05, 0.1) is 0 Å². The maximum Gasteiger partial charge on any atom is 0.0249 e. The van der Waals surface area contributed by atoms with Crippen LogP contribution in [0.25, 0.3) is 0 Å². The number of likely N-dealkylation sites (N-methyl/N-ethyl adjacent to an activating group) is 1. The first-order valence-corrected chi connectivity index (χ1v) is 8.54. The summed E-state index contributed by atoms with van der Waals surface area (Å²) in [5.74, 6) is 0. The zero-order chi connectivity index (χ0) is 13.7. The lowest BCUT2D eigenvalue weighted by Crippen LogP contribution is -2.50. The number of nitrogens with zero attached hydrogens (tertiary/aromatic N) is 1. The molecule has 2 unspecified atom stereocenters. The Morgan fingerprint density at radius 2 is 1.63 bits per heavy atom. The molecule has 0 spiro atoms. The molecule has 2 atom stereocenters. The maximum atomic E-state index is 3.62. The molecule has 1 saturated heterocycles. The lowest BCUT2D eigenvalue weighted by atomic mass is 9.85. The molecule has 1 heterocycles. The summed E-state index contributed by atoms with van der Waals surface area (Å²) in [5, 5.41) is 3.62. The van der Waals surface area contributed by atoms with Gasteiger partial charge in [-0.2, -0.15) is 0 Å². The minimum absolute atomic E-state index is 0.561. The first-order valence-electron chi connectivity index (χ1n) is 8.54. The van der Waals surface area contributed by atoms with Crippen LogP contribution in [0.4, 0.5) is 0 Å². The van der Waals surface area contributed by atoms with E-state index < -0.39 is 0 Å². The average molecular weight is 266 g/mol. The first kappa shape index (κ1) is 15.3. The second-order valence-corrected chi connectivity index (χ2v) is 7.51. The SMILES string of the molecule is CNC1CCCCCCC1N1CCCC(C)(C)CC1. The lowest BCUT2D eigenvalue weighted by molar-refractivity contribution is 0.136. The Bertz CT molecular complexity index is 262. The van der Waals surface area contributed by atoms with E-state index in [1.54, 1.807) is 0 Å². The molecule has 1 aliphatic heterocycles. The minimum Gasteiger partial charge on any atom is -0.315 e. The summed E-state index contributed by atoms with van der Waals surface area (Å²) < 4.78 is 0. The number of nitrogens with one attached hydrogen (secondary N) is 1. The Morgan fingerprint density at radius 1 is 0.895 bits per heavy atom. The molecule has 0 aromatic carbocycles. The van der Waals surface area contributed by atoms with E-state index in [-0.39, 0.29) is 0 Å². The van der Waals surface area contributed by atoms with Crippen molar-refractivity contribution < 1.29 is 0 Å². The fourth-order valence-electron chi connectivity index (χ4n) is 4.01. The Morgan fingerprint density at radius 3 is 2.37 bits per heavy atom. The molecule has 0 radical (unpaired) electrons. The van der Waals surface area contributed by atoms with Crippen molar-refractivity contribution in [3.8, 4) is 0 Å². The molecule has 112 valence electrons. The van der Waals surface area contributed by atoms with Crippen LogP contribution in [0.15, 0.2) is 0 Å². The van der Waals surface area contributed by atoms with E-state index in [9.17, 15) is 0 Å². The van der Waals surface area contributed by atoms with Gasteiger partial charge in [0.15, 0.2) is 0 Å². The molecule has 19 heavy (non-hydrogen) atoms. The standard InChI is InChI=1S/C17H34N2/c1-17(2)11-8-13-19(14-12-17)16-10-7-5-4-6-9-15(16)18-3/h15-16,18H,4-14H2,1-3H3. The highest BCUT2D eigenvalue weighted by Gasteiger charge is 2.30. The van der Waals surface area contributed by atoms with Gasteiger partial charge in [0.25, 0.3) is 0 Å². The van der Waals surface area contributed by atoms with E-state index >= 15 is 0 Å². The third-order valence-electron chi connectivity index (χ3n) is 5.44. The predicted molar refractivity (Wildman–Crippen MR) is 83.5 cm³/mol. The van der Waals surface area contributed by atoms with Crippen molar-refractivity contribution in [3.05, 3.63) is 0 Å². The molecule has 0 aromatic rings. The van der Waals surface area contributed by atoms with Gasteiger partial charge in [0.2, 0.25) is 0 Å². The van der Waals surface area contributed by atoms with Gasteiger partial charge in [0.1, 0.15) is 0 Å². The third-order valence-corrected chi connectivity index (χ3v) is 5.44. The molecule has 2 fully saturated rings. The fraction of sp³-hybridized carbons (Fsp3) is 1.00. The smallest absolute Gasteiger partial charge is 0.0249 e. The number of rotatable bonds is 2. The third kappa shape index (κ3) is 4.46. The predicted octanol–water partition coefficient (Wildman–Crippen LogP) is 3.81. The molecule has 1 saturated carbocycles. The van der Waals surface area contributed by atoms with Gasteiger partial charge in [-0.1, -0.05) is 39.5 Å². The normalized spacial score (nSPS) is 34.3. The summed E-state index contributed by atoms with van der Waals surface area (Å²) in [4.78, 5) is 2.82. The second-order valence-electron chi connectivity index (χ2n) is 7.51. The van der Waals surface area contributed by atoms with Gasteiger partial charge < -0.3 is 5.32 Å². The summed E-state index contributed by atoms with van der Waals surface area (Å²) in [5.41, 5.74) is 0.561. The zero-order valence-electron chi connectivity index (χ0n) is 13.4. The van der Waals surface area contributed by atoms with Crippen LogP contribution in [-0.4, -0.2) is 37.1 Å². The molecule has 0 amide bonds. The Hall–Kier alpha value is -0.0800. The Balaban J connectivity index is 1.99. The van der Waals surface area contributed by atoms with Crippen LogP contribution >= 0.6 is 0 Å². The summed E-state index contributed by atoms with van der Waals surface area (Å²) >= 11 is 0. The lowest BCUT2D eigenvalue weighted by Gasteiger charge is -2.38. The molecule has 0 bridgehead atoms. The largest absolute Gasteiger partial charge is 0.315 e. The van der Waals surface area contributed by atoms with E-state index in [4.69, 9.17) is 0 Å². The number of likely N-dealkylation sites (tertiary alicyclic amines) is 1. The van der Waals surface area contributed by atoms with Gasteiger partial charge in [-0.25, -0.2) is 0 Å². The Kier molecular flexibility index (Phi) is 5.70. The highest BCUT2D eigenvalue weighted by molar-refractivity contribution is 4.88. The van der Waals surface area contributed by atoms with E-state index in [2.05, 4.69) is 31.1 Å². The molecule has 2 heteroatoms. The topological polar surface area (TPSA) is 15.3 Å². The molecular weight excluding hydrogens is 232 g/mol. The van der Waals surface area contributed by atoms with E-state index in [1.807, 2.05) is 0 Å². The van der Waals surface area contributed by atoms with E-state index in [0.717, 1.165) is 12.1 Å². The highest BCUT2D eigenvalue weighted by atomic mass is 15.2. The van der Waals surface area contributed by atoms with Crippen molar-refractivity contribution >= 4 is 0 Å². The summed E-state index contributed by atoms with van der Waals surface area (Å²) in [6, 6.07) is 1.51. The monoisotopic (exact) mass is 266 g/mol. The maximum absolute atomic E-state index is 3.62. The Labute approximate surface area is 120 Å². The molecule has 2 nitrogen and oxygen atoms in total. The molecule has 1 N–H and O–H groups in total. The summed E-state index contributed by atoms with van der Waals surface area (Å²) in [7, 11) is 2.17. The van der Waals surface area contributed by atoms with Crippen LogP contribution in [-0.2, 0) is 0 Å². The van der Waals surface area contributed by atoms with Crippen molar-refractivity contribution in [2.24, 2.45) is 5.41 Å². The highest BCUT2D eigenvalue weighted by Crippen LogP contribution is 2.32. The number of hydrogen-bond acceptors (Lipinski definition) is 2. The van der Waals surface area contributed by atoms with Crippen molar-refractivity contribution in [2.45, 2.75) is 83.7 Å². The van der Waals surface area contributed by atoms with Crippen LogP contribution in [0.5, 0.6) is 0 Å². The molecule has 2 aliphatic rings. The minimum atomic E-state index is 0.561. The van der Waals surface area contributed by atoms with Crippen LogP contribution in [0, 0.1) is 5.41 Å². The fourth-order valence-corrected chi connectivity index (χ4v) is 4.01. The van der Waals surface area contributed by atoms with Gasteiger partial charge in [-0.15, -0.1) is 0 Å². The molecule has 0 aromatic heterocycles. The van der Waals surface area contributed by atoms with Crippen LogP contribution in [0.3, 0.4) is 0 Å². The second kappa shape index (κ2) is 7.08. The molecule has 1 aliphatic carbocycles. The van der Waals surface area contributed by atoms with Gasteiger partial charge in [-0.05, 0) is 57.7 Å². The first-order chi connectivity index (χ1) is 9.12. The van der Waals surface area contributed by atoms with Crippen LogP contribution < -0.4 is 5.32 Å². The van der Waals surface area contributed by atoms with Crippen LogP contribution in [0.1, 0.15) is 71.6 Å². The zero-order valence-corrected chi connectivity index (χ0v) is 13.4. The van der Waals surface area contributed by atoms with E-state index in [1.165, 1.54) is 70.9 Å². The summed E-state index contributed by atoms with van der Waals surface area (Å²) in [6.07, 6.45) is 12.7. The van der Waals surface area contributed by atoms with Gasteiger partial charge in [0, 0.05) is 12.1 Å². The number of hydrogen-bond donors (Lipinski definition) is 1. The van der Waals surface area contributed by atoms with Crippen LogP contribution in [0.2, 0.25) is 0 Å². The average Bonchev–Trinajstić information content (AvgIpc) is 2.51. The van der Waals surface area contributed by atoms with Crippen molar-refractivity contribution in [1.29, 1.82) is 0 Å². The van der Waals surface area contributed by atoms with Crippen molar-refractivity contribution in [1.82, 2.24) is 10.2 Å². The van der Waals surface area contributed by atoms with E-state index in [0.29, 0.717) is 5.41 Å². The molecule has 2 rings (SSSR count). The summed E-state index contributed by atoms with van der Waals surface area (Å²) in [6.45, 7) is 7.54. The quantitative estimate of drug-likeness (QED) is 0.817. The van der Waals surface area contributed by atoms with Gasteiger partial charge in [-0.3, -0.25) is 4.90 Å². The van der Waals surface area contributed by atoms with Gasteiger partial charge >= 0.3 is 0 Å². The van der Waals surface area contributed by atoms with Crippen molar-refractivity contribution in [2.75, 3.05) is 20.1 Å².